The van der Waals surface area contributed by atoms with E-state index >= 15 is 0 Å². The number of benzene rings is 1. The molecular formula is C14H14ClN3O3S. The van der Waals surface area contributed by atoms with Gasteiger partial charge in [0.15, 0.2) is 5.82 Å². The van der Waals surface area contributed by atoms with Gasteiger partial charge >= 0.3 is 0 Å². The highest BCUT2D eigenvalue weighted by Crippen LogP contribution is 2.38. The van der Waals surface area contributed by atoms with Gasteiger partial charge in [-0.05, 0) is 30.5 Å². The lowest BCUT2D eigenvalue weighted by Gasteiger charge is -2.00. The molecule has 1 aliphatic carbocycles. The van der Waals surface area contributed by atoms with E-state index in [0.717, 1.165) is 18.2 Å². The first-order valence-electron chi connectivity index (χ1n) is 6.78. The zero-order valence-electron chi connectivity index (χ0n) is 11.6. The summed E-state index contributed by atoms with van der Waals surface area (Å²) in [4.78, 5) is 4.16. The van der Waals surface area contributed by atoms with Crippen LogP contribution in [0.2, 0.25) is 5.02 Å². The van der Waals surface area contributed by atoms with Crippen LogP contribution in [-0.2, 0) is 16.6 Å². The Labute approximate surface area is 133 Å². The van der Waals surface area contributed by atoms with E-state index in [1.54, 1.807) is 24.3 Å². The van der Waals surface area contributed by atoms with Crippen LogP contribution in [0.1, 0.15) is 36.0 Å². The summed E-state index contributed by atoms with van der Waals surface area (Å²) >= 11 is 5.96. The van der Waals surface area contributed by atoms with E-state index in [0.29, 0.717) is 22.3 Å². The number of nitrogens with one attached hydrogen (secondary N) is 1. The molecule has 1 aromatic heterocycles. The normalized spacial score (nSPS) is 15.5. The van der Waals surface area contributed by atoms with Crippen LogP contribution in [0.25, 0.3) is 6.08 Å². The molecule has 1 heterocycles. The molecule has 22 heavy (non-hydrogen) atoms. The average Bonchev–Trinajstić information content (AvgIpc) is 3.23. The molecule has 0 radical (unpaired) electrons. The summed E-state index contributed by atoms with van der Waals surface area (Å²) < 4.78 is 31.2. The third-order valence-electron chi connectivity index (χ3n) is 3.18. The monoisotopic (exact) mass is 339 g/mol. The third-order valence-corrected chi connectivity index (χ3v) is 4.57. The van der Waals surface area contributed by atoms with Gasteiger partial charge in [-0.2, -0.15) is 4.98 Å². The molecule has 0 amide bonds. The molecule has 1 N–H and O–H groups in total. The second-order valence-corrected chi connectivity index (χ2v) is 7.07. The molecule has 1 fully saturated rings. The van der Waals surface area contributed by atoms with E-state index in [-0.39, 0.29) is 12.4 Å². The van der Waals surface area contributed by atoms with Crippen molar-refractivity contribution in [1.82, 2.24) is 14.9 Å². The molecule has 1 saturated carbocycles. The van der Waals surface area contributed by atoms with Crippen molar-refractivity contribution in [2.24, 2.45) is 0 Å². The highest BCUT2D eigenvalue weighted by Gasteiger charge is 2.28. The maximum atomic E-state index is 11.9. The summed E-state index contributed by atoms with van der Waals surface area (Å²) in [5.41, 5.74) is 0.628. The van der Waals surface area contributed by atoms with Gasteiger partial charge in [0, 0.05) is 16.3 Å². The van der Waals surface area contributed by atoms with Gasteiger partial charge in [0.1, 0.15) is 0 Å². The van der Waals surface area contributed by atoms with Gasteiger partial charge in [0.05, 0.1) is 6.54 Å². The Bertz CT molecular complexity index is 797. The quantitative estimate of drug-likeness (QED) is 0.874. The van der Waals surface area contributed by atoms with Gasteiger partial charge in [-0.15, -0.1) is 0 Å². The number of aromatic nitrogens is 2. The lowest BCUT2D eigenvalue weighted by molar-refractivity contribution is 0.370. The first-order chi connectivity index (χ1) is 10.5. The number of rotatable bonds is 6. The minimum Gasteiger partial charge on any atom is -0.338 e. The molecule has 0 unspecified atom stereocenters. The van der Waals surface area contributed by atoms with E-state index in [1.165, 1.54) is 6.08 Å². The van der Waals surface area contributed by atoms with Crippen molar-refractivity contribution in [3.8, 4) is 0 Å². The standard InChI is InChI=1S/C14H14ClN3O3S/c15-12-4-2-1-3-10(12)7-8-22(19,20)16-9-13-17-14(18-21-13)11-5-6-11/h1-4,7-8,11,16H,5-6,9H2/b8-7-. The van der Waals surface area contributed by atoms with Crippen LogP contribution in [0.15, 0.2) is 34.2 Å². The van der Waals surface area contributed by atoms with E-state index in [2.05, 4.69) is 14.9 Å². The molecule has 0 spiro atoms. The van der Waals surface area contributed by atoms with Crippen LogP contribution < -0.4 is 4.72 Å². The van der Waals surface area contributed by atoms with Crippen LogP contribution >= 0.6 is 11.6 Å². The predicted octanol–water partition coefficient (Wildman–Crippen LogP) is 2.69. The maximum absolute atomic E-state index is 11.9. The predicted molar refractivity (Wildman–Crippen MR) is 82.5 cm³/mol. The van der Waals surface area contributed by atoms with Gasteiger partial charge in [-0.25, -0.2) is 13.1 Å². The summed E-state index contributed by atoms with van der Waals surface area (Å²) in [6, 6.07) is 6.98. The van der Waals surface area contributed by atoms with Crippen LogP contribution in [0.4, 0.5) is 0 Å². The lowest BCUT2D eigenvalue weighted by Crippen LogP contribution is -2.20. The third kappa shape index (κ3) is 3.94. The fourth-order valence-corrected chi connectivity index (χ4v) is 2.78. The Morgan fingerprint density at radius 1 is 1.36 bits per heavy atom. The first-order valence-corrected chi connectivity index (χ1v) is 8.71. The molecule has 116 valence electrons. The minimum absolute atomic E-state index is 0.0328. The number of hydrogen-bond donors (Lipinski definition) is 1. The molecular weight excluding hydrogens is 326 g/mol. The Morgan fingerprint density at radius 3 is 2.86 bits per heavy atom. The van der Waals surface area contributed by atoms with E-state index in [1.807, 2.05) is 0 Å². The van der Waals surface area contributed by atoms with Crippen LogP contribution in [0, 0.1) is 0 Å². The first kappa shape index (κ1) is 15.2. The molecule has 0 atom stereocenters. The highest BCUT2D eigenvalue weighted by atomic mass is 35.5. The summed E-state index contributed by atoms with van der Waals surface area (Å²) in [7, 11) is -3.61. The number of halogens is 1. The Morgan fingerprint density at radius 2 is 2.14 bits per heavy atom. The van der Waals surface area contributed by atoms with Crippen molar-refractivity contribution in [2.45, 2.75) is 25.3 Å². The van der Waals surface area contributed by atoms with Gasteiger partial charge in [-0.3, -0.25) is 0 Å². The second kappa shape index (κ2) is 6.20. The Balaban J connectivity index is 1.61. The van der Waals surface area contributed by atoms with E-state index in [4.69, 9.17) is 16.1 Å². The average molecular weight is 340 g/mol. The number of nitrogens with zero attached hydrogens (tertiary/aromatic N) is 2. The van der Waals surface area contributed by atoms with Gasteiger partial charge in [0.2, 0.25) is 15.9 Å². The smallest absolute Gasteiger partial charge is 0.241 e. The summed E-state index contributed by atoms with van der Waals surface area (Å²) in [6.45, 7) is -0.0328. The van der Waals surface area contributed by atoms with Crippen molar-refractivity contribution >= 4 is 27.7 Å². The molecule has 1 aliphatic rings. The van der Waals surface area contributed by atoms with Crippen molar-refractivity contribution in [3.05, 3.63) is 52.0 Å². The fraction of sp³-hybridized carbons (Fsp3) is 0.286. The zero-order chi connectivity index (χ0) is 15.6. The largest absolute Gasteiger partial charge is 0.338 e. The fourth-order valence-electron chi connectivity index (χ4n) is 1.83. The molecule has 6 nitrogen and oxygen atoms in total. The van der Waals surface area contributed by atoms with E-state index < -0.39 is 10.0 Å². The highest BCUT2D eigenvalue weighted by molar-refractivity contribution is 7.92. The van der Waals surface area contributed by atoms with Crippen molar-refractivity contribution < 1.29 is 12.9 Å². The summed E-state index contributed by atoms with van der Waals surface area (Å²) in [6.07, 6.45) is 3.56. The second-order valence-electron chi connectivity index (χ2n) is 5.01. The van der Waals surface area contributed by atoms with E-state index in [9.17, 15) is 8.42 Å². The van der Waals surface area contributed by atoms with Crippen molar-refractivity contribution in [2.75, 3.05) is 0 Å². The lowest BCUT2D eigenvalue weighted by atomic mass is 10.2. The minimum atomic E-state index is -3.61. The number of hydrogen-bond acceptors (Lipinski definition) is 5. The molecule has 0 bridgehead atoms. The zero-order valence-corrected chi connectivity index (χ0v) is 13.1. The maximum Gasteiger partial charge on any atom is 0.241 e. The number of sulfonamides is 1. The van der Waals surface area contributed by atoms with Gasteiger partial charge in [0.25, 0.3) is 0 Å². The Kier molecular flexibility index (Phi) is 4.28. The molecule has 8 heteroatoms. The summed E-state index contributed by atoms with van der Waals surface area (Å²) in [5.74, 6) is 1.28. The summed E-state index contributed by atoms with van der Waals surface area (Å²) in [5, 5.41) is 5.38. The van der Waals surface area contributed by atoms with Crippen molar-refractivity contribution in [3.63, 3.8) is 0 Å². The topological polar surface area (TPSA) is 85.1 Å². The SMILES string of the molecule is O=S(=O)(/C=C\c1ccccc1Cl)NCc1nc(C2CC2)no1. The molecule has 1 aromatic carbocycles. The van der Waals surface area contributed by atoms with Crippen molar-refractivity contribution in [1.29, 1.82) is 0 Å². The Hall–Kier alpha value is -1.70. The molecule has 0 aliphatic heterocycles. The van der Waals surface area contributed by atoms with Crippen LogP contribution in [-0.4, -0.2) is 18.6 Å². The van der Waals surface area contributed by atoms with Gasteiger partial charge < -0.3 is 4.52 Å². The van der Waals surface area contributed by atoms with Gasteiger partial charge in [-0.1, -0.05) is 35.0 Å². The molecule has 2 aromatic rings. The molecule has 0 saturated heterocycles. The molecule has 3 rings (SSSR count). The van der Waals surface area contributed by atoms with Crippen LogP contribution in [0.3, 0.4) is 0 Å². The van der Waals surface area contributed by atoms with Crippen LogP contribution in [0.5, 0.6) is 0 Å².